The van der Waals surface area contributed by atoms with Crippen LogP contribution < -0.4 is 9.47 Å². The standard InChI is InChI=1S/C17H4Cl6F6O2/c18-5-1-9(22)11(3-7(5)20)30-13-14(16(26,27)17(28,29)15(13,24)25)31-12-4-8(21)6(19)2-10(12)23/h1-4H. The Morgan fingerprint density at radius 3 is 1.10 bits per heavy atom. The summed E-state index contributed by atoms with van der Waals surface area (Å²) >= 11 is 34.4. The van der Waals surface area contributed by atoms with E-state index in [9.17, 15) is 26.3 Å². The maximum atomic E-state index is 14.4. The van der Waals surface area contributed by atoms with Crippen molar-refractivity contribution in [2.45, 2.75) is 17.8 Å². The van der Waals surface area contributed by atoms with Crippen LogP contribution in [0.15, 0.2) is 35.8 Å². The first-order valence-electron chi connectivity index (χ1n) is 7.64. The lowest BCUT2D eigenvalue weighted by atomic mass is 10.1. The molecule has 31 heavy (non-hydrogen) atoms. The molecule has 0 heterocycles. The van der Waals surface area contributed by atoms with Crippen LogP contribution in [0.25, 0.3) is 0 Å². The van der Waals surface area contributed by atoms with Crippen LogP contribution in [-0.4, -0.2) is 17.8 Å². The number of halogens is 12. The van der Waals surface area contributed by atoms with Gasteiger partial charge in [-0.2, -0.15) is 26.3 Å². The Hall–Kier alpha value is -0.900. The summed E-state index contributed by atoms with van der Waals surface area (Å²) in [6.07, 6.45) is 0. The minimum atomic E-state index is -5.93. The van der Waals surface area contributed by atoms with Crippen molar-refractivity contribution < 1.29 is 35.8 Å². The molecule has 2 aromatic rings. The molecule has 0 radical (unpaired) electrons. The van der Waals surface area contributed by atoms with Gasteiger partial charge in [0.05, 0.1) is 30.1 Å². The molecule has 0 spiro atoms. The van der Waals surface area contributed by atoms with E-state index in [2.05, 4.69) is 9.47 Å². The van der Waals surface area contributed by atoms with Gasteiger partial charge in [0.25, 0.3) is 0 Å². The van der Waals surface area contributed by atoms with Crippen LogP contribution in [0.5, 0.6) is 11.5 Å². The van der Waals surface area contributed by atoms with E-state index in [1.807, 2.05) is 0 Å². The summed E-state index contributed by atoms with van der Waals surface area (Å²) in [5, 5.41) is -1.80. The minimum absolute atomic E-state index is 0.138. The molecule has 2 nitrogen and oxygen atoms in total. The lowest BCUT2D eigenvalue weighted by Crippen LogP contribution is -2.50. The molecule has 0 aromatic heterocycles. The number of rotatable bonds is 4. The third-order valence-corrected chi connectivity index (χ3v) is 5.97. The highest BCUT2D eigenvalue weighted by Crippen LogP contribution is 2.60. The molecule has 0 saturated carbocycles. The maximum absolute atomic E-state index is 14.4. The van der Waals surface area contributed by atoms with E-state index >= 15 is 0 Å². The average molecular weight is 567 g/mol. The van der Waals surface area contributed by atoms with Gasteiger partial charge in [-0.1, -0.05) is 69.6 Å². The van der Waals surface area contributed by atoms with Gasteiger partial charge in [0, 0.05) is 12.1 Å². The largest absolute Gasteiger partial charge is 0.450 e. The Bertz CT molecular complexity index is 1020. The minimum Gasteiger partial charge on any atom is -0.450 e. The van der Waals surface area contributed by atoms with E-state index < -0.39 is 50.8 Å². The Balaban J connectivity index is 2.20. The SMILES string of the molecule is FC1(F)C(Oc2cc(Cl)c(Cl)cc2Cl)=C(Oc2cc(Cl)c(Cl)cc2Cl)C(F)(F)C1(F)F. The maximum Gasteiger partial charge on any atom is 0.387 e. The van der Waals surface area contributed by atoms with Crippen LogP contribution >= 0.6 is 69.6 Å². The van der Waals surface area contributed by atoms with E-state index in [4.69, 9.17) is 69.6 Å². The summed E-state index contributed by atoms with van der Waals surface area (Å²) in [4.78, 5) is 0. The van der Waals surface area contributed by atoms with E-state index in [1.54, 1.807) is 0 Å². The smallest absolute Gasteiger partial charge is 0.387 e. The van der Waals surface area contributed by atoms with E-state index in [0.29, 0.717) is 0 Å². The predicted octanol–water partition coefficient (Wildman–Crippen LogP) is 9.20. The fourth-order valence-electron chi connectivity index (χ4n) is 2.37. The van der Waals surface area contributed by atoms with Crippen molar-refractivity contribution in [1.82, 2.24) is 0 Å². The first-order chi connectivity index (χ1) is 14.1. The van der Waals surface area contributed by atoms with Crippen LogP contribution in [0, 0.1) is 0 Å². The normalized spacial score (nSPS) is 19.0. The Morgan fingerprint density at radius 1 is 0.484 bits per heavy atom. The van der Waals surface area contributed by atoms with Gasteiger partial charge in [-0.15, -0.1) is 0 Å². The summed E-state index contributed by atoms with van der Waals surface area (Å²) < 4.78 is 95.0. The second kappa shape index (κ2) is 8.15. The summed E-state index contributed by atoms with van der Waals surface area (Å²) in [6, 6.07) is 3.41. The molecular weight excluding hydrogens is 563 g/mol. The fraction of sp³-hybridized carbons (Fsp3) is 0.176. The van der Waals surface area contributed by atoms with Gasteiger partial charge < -0.3 is 9.47 Å². The number of alkyl halides is 6. The average Bonchev–Trinajstić information content (AvgIpc) is 2.73. The first kappa shape index (κ1) is 24.7. The van der Waals surface area contributed by atoms with Crippen LogP contribution in [0.4, 0.5) is 26.3 Å². The highest BCUT2D eigenvalue weighted by atomic mass is 35.5. The topological polar surface area (TPSA) is 18.5 Å². The van der Waals surface area contributed by atoms with Gasteiger partial charge in [0.2, 0.25) is 11.5 Å². The second-order valence-corrected chi connectivity index (χ2v) is 8.42. The fourth-order valence-corrected chi connectivity index (χ4v) is 3.52. The summed E-state index contributed by atoms with van der Waals surface area (Å²) in [5.41, 5.74) is 0. The second-order valence-electron chi connectivity index (χ2n) is 5.98. The first-order valence-corrected chi connectivity index (χ1v) is 9.91. The van der Waals surface area contributed by atoms with Gasteiger partial charge in [-0.3, -0.25) is 0 Å². The van der Waals surface area contributed by atoms with Crippen molar-refractivity contribution in [2.75, 3.05) is 0 Å². The van der Waals surface area contributed by atoms with Crippen molar-refractivity contribution in [3.05, 3.63) is 65.9 Å². The molecule has 2 aromatic carbocycles. The molecule has 0 unspecified atom stereocenters. The lowest BCUT2D eigenvalue weighted by Gasteiger charge is -2.24. The summed E-state index contributed by atoms with van der Waals surface area (Å²) in [6.45, 7) is 0. The van der Waals surface area contributed by atoms with Crippen LogP contribution in [0.3, 0.4) is 0 Å². The Morgan fingerprint density at radius 2 is 0.774 bits per heavy atom. The van der Waals surface area contributed by atoms with Crippen LogP contribution in [-0.2, 0) is 0 Å². The molecule has 168 valence electrons. The Labute approximate surface area is 200 Å². The number of ether oxygens (including phenoxy) is 2. The molecule has 0 bridgehead atoms. The summed E-state index contributed by atoms with van der Waals surface area (Å²) in [7, 11) is 0. The van der Waals surface area contributed by atoms with Crippen molar-refractivity contribution in [3.63, 3.8) is 0 Å². The molecule has 3 rings (SSSR count). The third-order valence-electron chi connectivity index (χ3n) is 3.94. The third kappa shape index (κ3) is 4.00. The molecule has 0 amide bonds. The van der Waals surface area contributed by atoms with E-state index in [-0.39, 0.29) is 20.1 Å². The molecule has 0 saturated heterocycles. The van der Waals surface area contributed by atoms with Gasteiger partial charge in [0.1, 0.15) is 11.5 Å². The molecule has 1 aliphatic rings. The lowest BCUT2D eigenvalue weighted by molar-refractivity contribution is -0.273. The zero-order valence-electron chi connectivity index (χ0n) is 14.2. The molecule has 0 atom stereocenters. The quantitative estimate of drug-likeness (QED) is 0.271. The molecule has 14 heteroatoms. The Kier molecular flexibility index (Phi) is 6.50. The van der Waals surface area contributed by atoms with Gasteiger partial charge in [-0.25, -0.2) is 0 Å². The molecule has 0 aliphatic heterocycles. The van der Waals surface area contributed by atoms with Gasteiger partial charge in [-0.05, 0) is 12.1 Å². The number of hydrogen-bond acceptors (Lipinski definition) is 2. The van der Waals surface area contributed by atoms with Crippen molar-refractivity contribution >= 4 is 69.6 Å². The van der Waals surface area contributed by atoms with E-state index in [0.717, 1.165) is 24.3 Å². The summed E-state index contributed by atoms with van der Waals surface area (Å²) in [5.74, 6) is -22.9. The van der Waals surface area contributed by atoms with Crippen LogP contribution in [0.2, 0.25) is 30.1 Å². The number of benzene rings is 2. The number of hydrogen-bond donors (Lipinski definition) is 0. The highest BCUT2D eigenvalue weighted by molar-refractivity contribution is 6.44. The van der Waals surface area contributed by atoms with Crippen molar-refractivity contribution in [2.24, 2.45) is 0 Å². The predicted molar refractivity (Wildman–Crippen MR) is 106 cm³/mol. The zero-order valence-corrected chi connectivity index (χ0v) is 18.7. The monoisotopic (exact) mass is 564 g/mol. The van der Waals surface area contributed by atoms with Crippen LogP contribution in [0.1, 0.15) is 0 Å². The molecule has 1 aliphatic carbocycles. The van der Waals surface area contributed by atoms with Crippen molar-refractivity contribution in [3.8, 4) is 11.5 Å². The van der Waals surface area contributed by atoms with E-state index in [1.165, 1.54) is 0 Å². The van der Waals surface area contributed by atoms with Crippen molar-refractivity contribution in [1.29, 1.82) is 0 Å². The molecule has 0 N–H and O–H groups in total. The highest BCUT2D eigenvalue weighted by Gasteiger charge is 2.83. The number of allylic oxidation sites excluding steroid dienone is 2. The zero-order chi connectivity index (χ0) is 23.5. The van der Waals surface area contributed by atoms with Gasteiger partial charge >= 0.3 is 17.8 Å². The molecule has 0 fully saturated rings. The van der Waals surface area contributed by atoms with Gasteiger partial charge in [0.15, 0.2) is 0 Å². The molecular formula is C17H4Cl6F6O2.